The van der Waals surface area contributed by atoms with Crippen molar-refractivity contribution in [3.63, 3.8) is 0 Å². The van der Waals surface area contributed by atoms with E-state index in [1.807, 2.05) is 49.4 Å². The van der Waals surface area contributed by atoms with Crippen molar-refractivity contribution in [2.24, 2.45) is 0 Å². The predicted octanol–water partition coefficient (Wildman–Crippen LogP) is 4.51. The monoisotopic (exact) mass is 556 g/mol. The lowest BCUT2D eigenvalue weighted by molar-refractivity contribution is 0.0974. The molecule has 0 bridgehead atoms. The minimum Gasteiger partial charge on any atom is -0.494 e. The molecule has 9 nitrogen and oxygen atoms in total. The van der Waals surface area contributed by atoms with E-state index < -0.39 is 0 Å². The first-order chi connectivity index (χ1) is 19.4. The minimum atomic E-state index is 0.587. The van der Waals surface area contributed by atoms with E-state index in [-0.39, 0.29) is 0 Å². The van der Waals surface area contributed by atoms with Crippen molar-refractivity contribution in [2.75, 3.05) is 101 Å². The standard InChI is InChI=1S/C31H48N4O5/c1-6-36-23-18-34(4)15-7-20-38-27-11-9-26(10-12-27)31-32-29-14-13-28(25-30(29)40-31)39-21-8-16-35(5)19-24-37-22-17-33(2)3/h9-14,25H,6-8,15-24H2,1-5H3. The number of benzene rings is 2. The van der Waals surface area contributed by atoms with Gasteiger partial charge >= 0.3 is 0 Å². The summed E-state index contributed by atoms with van der Waals surface area (Å²) in [6.07, 6.45) is 1.90. The molecule has 0 spiro atoms. The third-order valence-electron chi connectivity index (χ3n) is 6.49. The molecule has 1 heterocycles. The molecule has 0 aliphatic carbocycles. The van der Waals surface area contributed by atoms with Crippen molar-refractivity contribution in [1.82, 2.24) is 19.7 Å². The summed E-state index contributed by atoms with van der Waals surface area (Å²) in [7, 11) is 8.33. The van der Waals surface area contributed by atoms with Crippen LogP contribution in [-0.2, 0) is 9.47 Å². The van der Waals surface area contributed by atoms with Gasteiger partial charge in [-0.2, -0.15) is 0 Å². The van der Waals surface area contributed by atoms with Crippen molar-refractivity contribution in [3.8, 4) is 23.0 Å². The second-order valence-electron chi connectivity index (χ2n) is 10.3. The zero-order valence-electron chi connectivity index (χ0n) is 25.1. The number of hydrogen-bond donors (Lipinski definition) is 0. The normalized spacial score (nSPS) is 11.8. The van der Waals surface area contributed by atoms with Crippen LogP contribution in [-0.4, -0.2) is 120 Å². The Morgan fingerprint density at radius 2 is 1.27 bits per heavy atom. The molecule has 0 N–H and O–H groups in total. The third kappa shape index (κ3) is 11.8. The molecule has 0 fully saturated rings. The van der Waals surface area contributed by atoms with Gasteiger partial charge in [0.1, 0.15) is 17.0 Å². The first-order valence-electron chi connectivity index (χ1n) is 14.4. The Morgan fingerprint density at radius 1 is 0.675 bits per heavy atom. The minimum absolute atomic E-state index is 0.587. The average molecular weight is 557 g/mol. The molecule has 0 saturated carbocycles. The van der Waals surface area contributed by atoms with Gasteiger partial charge in [0.05, 0.1) is 33.0 Å². The van der Waals surface area contributed by atoms with E-state index in [0.29, 0.717) is 24.7 Å². The molecule has 0 radical (unpaired) electrons. The van der Waals surface area contributed by atoms with E-state index in [0.717, 1.165) is 94.6 Å². The number of aromatic nitrogens is 1. The quantitative estimate of drug-likeness (QED) is 0.176. The van der Waals surface area contributed by atoms with Gasteiger partial charge in [0.15, 0.2) is 5.58 Å². The maximum Gasteiger partial charge on any atom is 0.227 e. The topological polar surface area (TPSA) is 72.7 Å². The van der Waals surface area contributed by atoms with Crippen molar-refractivity contribution < 1.29 is 23.4 Å². The molecule has 3 aromatic rings. The Labute approximate surface area is 239 Å². The van der Waals surface area contributed by atoms with Crippen LogP contribution in [0.4, 0.5) is 0 Å². The SMILES string of the molecule is CCOCCN(C)CCCOc1ccc(-c2nc3ccc(OCCCN(C)CCOCCN(C)C)cc3o2)cc1. The molecule has 0 saturated heterocycles. The number of likely N-dealkylation sites (N-methyl/N-ethyl adjacent to an activating group) is 3. The Morgan fingerprint density at radius 3 is 1.93 bits per heavy atom. The lowest BCUT2D eigenvalue weighted by atomic mass is 10.2. The third-order valence-corrected chi connectivity index (χ3v) is 6.49. The van der Waals surface area contributed by atoms with Gasteiger partial charge in [0, 0.05) is 51.0 Å². The molecule has 0 atom stereocenters. The van der Waals surface area contributed by atoms with Gasteiger partial charge in [-0.25, -0.2) is 4.98 Å². The smallest absolute Gasteiger partial charge is 0.227 e. The van der Waals surface area contributed by atoms with Crippen LogP contribution in [0.25, 0.3) is 22.6 Å². The number of ether oxygens (including phenoxy) is 4. The molecule has 1 aromatic heterocycles. The van der Waals surface area contributed by atoms with Crippen LogP contribution in [0.1, 0.15) is 19.8 Å². The van der Waals surface area contributed by atoms with Gasteiger partial charge in [-0.05, 0) is 84.4 Å². The van der Waals surface area contributed by atoms with E-state index in [9.17, 15) is 0 Å². The van der Waals surface area contributed by atoms with Gasteiger partial charge in [-0.1, -0.05) is 0 Å². The van der Waals surface area contributed by atoms with E-state index in [1.54, 1.807) is 0 Å². The van der Waals surface area contributed by atoms with Crippen molar-refractivity contribution in [1.29, 1.82) is 0 Å². The highest BCUT2D eigenvalue weighted by Gasteiger charge is 2.10. The Bertz CT molecular complexity index is 1090. The van der Waals surface area contributed by atoms with Crippen molar-refractivity contribution in [3.05, 3.63) is 42.5 Å². The highest BCUT2D eigenvalue weighted by Crippen LogP contribution is 2.28. The lowest BCUT2D eigenvalue weighted by Gasteiger charge is -2.17. The largest absolute Gasteiger partial charge is 0.494 e. The molecule has 3 rings (SSSR count). The van der Waals surface area contributed by atoms with E-state index in [4.69, 9.17) is 23.4 Å². The number of rotatable bonds is 21. The first-order valence-corrected chi connectivity index (χ1v) is 14.4. The Balaban J connectivity index is 1.37. The van der Waals surface area contributed by atoms with Gasteiger partial charge < -0.3 is 38.1 Å². The van der Waals surface area contributed by atoms with Crippen LogP contribution in [0, 0.1) is 0 Å². The molecule has 0 aliphatic heterocycles. The fraction of sp³-hybridized carbons (Fsp3) is 0.581. The summed E-state index contributed by atoms with van der Waals surface area (Å²) in [6, 6.07) is 13.7. The van der Waals surface area contributed by atoms with Crippen molar-refractivity contribution >= 4 is 11.1 Å². The number of hydrogen-bond acceptors (Lipinski definition) is 9. The van der Waals surface area contributed by atoms with Crippen LogP contribution in [0.5, 0.6) is 11.5 Å². The maximum absolute atomic E-state index is 6.05. The van der Waals surface area contributed by atoms with Crippen LogP contribution >= 0.6 is 0 Å². The molecule has 40 heavy (non-hydrogen) atoms. The summed E-state index contributed by atoms with van der Waals surface area (Å²) in [5, 5.41) is 0. The summed E-state index contributed by atoms with van der Waals surface area (Å²) in [6.45, 7) is 11.1. The van der Waals surface area contributed by atoms with E-state index >= 15 is 0 Å². The van der Waals surface area contributed by atoms with Crippen LogP contribution in [0.3, 0.4) is 0 Å². The summed E-state index contributed by atoms with van der Waals surface area (Å²) in [5.41, 5.74) is 2.44. The average Bonchev–Trinajstić information content (AvgIpc) is 3.37. The Hall–Kier alpha value is -2.69. The summed E-state index contributed by atoms with van der Waals surface area (Å²) in [4.78, 5) is 11.3. The molecule has 2 aromatic carbocycles. The molecule has 0 unspecified atom stereocenters. The number of fused-ring (bicyclic) bond motifs is 1. The van der Waals surface area contributed by atoms with Gasteiger partial charge in [-0.15, -0.1) is 0 Å². The molecule has 0 amide bonds. The van der Waals surface area contributed by atoms with Gasteiger partial charge in [0.25, 0.3) is 0 Å². The fourth-order valence-corrected chi connectivity index (χ4v) is 4.02. The van der Waals surface area contributed by atoms with Crippen LogP contribution in [0.15, 0.2) is 46.9 Å². The summed E-state index contributed by atoms with van der Waals surface area (Å²) < 4.78 is 29.0. The highest BCUT2D eigenvalue weighted by atomic mass is 16.5. The number of nitrogens with zero attached hydrogens (tertiary/aromatic N) is 4. The second kappa shape index (κ2) is 17.9. The summed E-state index contributed by atoms with van der Waals surface area (Å²) >= 11 is 0. The Kier molecular flexibility index (Phi) is 14.2. The first kappa shape index (κ1) is 31.8. The zero-order chi connectivity index (χ0) is 28.6. The van der Waals surface area contributed by atoms with Crippen LogP contribution in [0.2, 0.25) is 0 Å². The lowest BCUT2D eigenvalue weighted by Crippen LogP contribution is -2.26. The van der Waals surface area contributed by atoms with Gasteiger partial charge in [0.2, 0.25) is 5.89 Å². The van der Waals surface area contributed by atoms with E-state index in [1.165, 1.54) is 0 Å². The summed E-state index contributed by atoms with van der Waals surface area (Å²) in [5.74, 6) is 2.22. The predicted molar refractivity (Wildman–Crippen MR) is 161 cm³/mol. The van der Waals surface area contributed by atoms with Crippen molar-refractivity contribution in [2.45, 2.75) is 19.8 Å². The van der Waals surface area contributed by atoms with Crippen LogP contribution < -0.4 is 9.47 Å². The maximum atomic E-state index is 6.05. The molecule has 9 heteroatoms. The number of oxazole rings is 1. The molecular weight excluding hydrogens is 508 g/mol. The molecular formula is C31H48N4O5. The fourth-order valence-electron chi connectivity index (χ4n) is 4.02. The van der Waals surface area contributed by atoms with E-state index in [2.05, 4.69) is 47.9 Å². The second-order valence-corrected chi connectivity index (χ2v) is 10.3. The highest BCUT2D eigenvalue weighted by molar-refractivity contribution is 5.77. The van der Waals surface area contributed by atoms with Gasteiger partial charge in [-0.3, -0.25) is 0 Å². The molecule has 222 valence electrons. The zero-order valence-corrected chi connectivity index (χ0v) is 25.1. The molecule has 0 aliphatic rings.